The summed E-state index contributed by atoms with van der Waals surface area (Å²) in [6.45, 7) is 1.66. The molecule has 2 aliphatic heterocycles. The highest BCUT2D eigenvalue weighted by molar-refractivity contribution is 7.09. The summed E-state index contributed by atoms with van der Waals surface area (Å²) in [5.74, 6) is -0.290. The zero-order valence-corrected chi connectivity index (χ0v) is 13.9. The number of nitrogens with zero attached hydrogens (tertiary/aromatic N) is 2. The molecule has 0 spiro atoms. The smallest absolute Gasteiger partial charge is 0.317 e. The molecule has 2 aliphatic rings. The SMILES string of the molecule is O=C(NCc1nc(-c2ccccc2F)cs1)N1C[C@H]2CC[C@@H](C1)O2. The van der Waals surface area contributed by atoms with Crippen molar-refractivity contribution in [3.8, 4) is 11.3 Å². The second kappa shape index (κ2) is 6.49. The van der Waals surface area contributed by atoms with Gasteiger partial charge in [-0.15, -0.1) is 11.3 Å². The van der Waals surface area contributed by atoms with Crippen molar-refractivity contribution in [1.29, 1.82) is 0 Å². The second-order valence-corrected chi connectivity index (χ2v) is 7.07. The van der Waals surface area contributed by atoms with E-state index in [4.69, 9.17) is 4.74 Å². The number of halogens is 1. The van der Waals surface area contributed by atoms with E-state index in [1.807, 2.05) is 10.3 Å². The Bertz CT molecular complexity index is 739. The van der Waals surface area contributed by atoms with Crippen LogP contribution in [0.25, 0.3) is 11.3 Å². The van der Waals surface area contributed by atoms with Crippen LogP contribution in [-0.4, -0.2) is 41.2 Å². The summed E-state index contributed by atoms with van der Waals surface area (Å²) in [5.41, 5.74) is 1.09. The maximum atomic E-state index is 13.8. The summed E-state index contributed by atoms with van der Waals surface area (Å²) >= 11 is 1.42. The molecule has 126 valence electrons. The average Bonchev–Trinajstić information content (AvgIpc) is 3.19. The first kappa shape index (κ1) is 15.5. The Balaban J connectivity index is 1.36. The Morgan fingerprint density at radius 3 is 2.83 bits per heavy atom. The third kappa shape index (κ3) is 3.14. The number of fused-ring (bicyclic) bond motifs is 2. The van der Waals surface area contributed by atoms with Gasteiger partial charge in [0.25, 0.3) is 0 Å². The number of ether oxygens (including phenoxy) is 1. The molecule has 2 bridgehead atoms. The van der Waals surface area contributed by atoms with Crippen molar-refractivity contribution in [2.75, 3.05) is 13.1 Å². The van der Waals surface area contributed by atoms with E-state index in [1.54, 1.807) is 18.2 Å². The van der Waals surface area contributed by atoms with Crippen LogP contribution in [0.4, 0.5) is 9.18 Å². The largest absolute Gasteiger partial charge is 0.371 e. The summed E-state index contributed by atoms with van der Waals surface area (Å²) in [6.07, 6.45) is 2.43. The molecule has 2 atom stereocenters. The van der Waals surface area contributed by atoms with Crippen LogP contribution < -0.4 is 5.32 Å². The summed E-state index contributed by atoms with van der Waals surface area (Å²) in [7, 11) is 0. The number of thiazole rings is 1. The molecule has 2 fully saturated rings. The van der Waals surface area contributed by atoms with Crippen molar-refractivity contribution < 1.29 is 13.9 Å². The maximum absolute atomic E-state index is 13.8. The van der Waals surface area contributed by atoms with Gasteiger partial charge < -0.3 is 15.0 Å². The Morgan fingerprint density at radius 1 is 1.33 bits per heavy atom. The van der Waals surface area contributed by atoms with Crippen molar-refractivity contribution in [2.45, 2.75) is 31.6 Å². The number of carbonyl (C=O) groups is 1. The Morgan fingerprint density at radius 2 is 2.08 bits per heavy atom. The fourth-order valence-corrected chi connectivity index (χ4v) is 3.96. The average molecular weight is 347 g/mol. The van der Waals surface area contributed by atoms with Crippen molar-refractivity contribution in [1.82, 2.24) is 15.2 Å². The van der Waals surface area contributed by atoms with Crippen LogP contribution in [0.3, 0.4) is 0 Å². The van der Waals surface area contributed by atoms with E-state index in [0.29, 0.717) is 30.9 Å². The molecule has 0 aliphatic carbocycles. The number of amides is 2. The number of hydrogen-bond donors (Lipinski definition) is 1. The third-order valence-electron chi connectivity index (χ3n) is 4.42. The Labute approximate surface area is 143 Å². The fraction of sp³-hybridized carbons (Fsp3) is 0.412. The summed E-state index contributed by atoms with van der Waals surface area (Å²) in [4.78, 5) is 18.5. The number of rotatable bonds is 3. The zero-order chi connectivity index (χ0) is 16.5. The fourth-order valence-electron chi connectivity index (χ4n) is 3.23. The monoisotopic (exact) mass is 347 g/mol. The van der Waals surface area contributed by atoms with Gasteiger partial charge >= 0.3 is 6.03 Å². The van der Waals surface area contributed by atoms with Crippen LogP contribution >= 0.6 is 11.3 Å². The molecule has 2 aromatic rings. The van der Waals surface area contributed by atoms with Crippen LogP contribution in [0.2, 0.25) is 0 Å². The topological polar surface area (TPSA) is 54.5 Å². The van der Waals surface area contributed by atoms with E-state index in [9.17, 15) is 9.18 Å². The van der Waals surface area contributed by atoms with E-state index in [-0.39, 0.29) is 24.1 Å². The molecule has 4 rings (SSSR count). The van der Waals surface area contributed by atoms with Gasteiger partial charge in [0, 0.05) is 24.0 Å². The van der Waals surface area contributed by atoms with Crippen molar-refractivity contribution in [3.63, 3.8) is 0 Å². The number of aromatic nitrogens is 1. The minimum Gasteiger partial charge on any atom is -0.371 e. The molecule has 7 heteroatoms. The summed E-state index contributed by atoms with van der Waals surface area (Å²) < 4.78 is 19.5. The first-order valence-electron chi connectivity index (χ1n) is 8.06. The molecular weight excluding hydrogens is 329 g/mol. The highest BCUT2D eigenvalue weighted by Gasteiger charge is 2.35. The van der Waals surface area contributed by atoms with Gasteiger partial charge in [-0.3, -0.25) is 0 Å². The maximum Gasteiger partial charge on any atom is 0.317 e. The van der Waals surface area contributed by atoms with Gasteiger partial charge in [0.15, 0.2) is 0 Å². The predicted octanol–water partition coefficient (Wildman–Crippen LogP) is 3.02. The molecular formula is C17H18FN3O2S. The number of hydrogen-bond acceptors (Lipinski definition) is 4. The molecule has 2 amide bonds. The Hall–Kier alpha value is -1.99. The molecule has 0 saturated carbocycles. The predicted molar refractivity (Wildman–Crippen MR) is 89.2 cm³/mol. The lowest BCUT2D eigenvalue weighted by Gasteiger charge is -2.32. The van der Waals surface area contributed by atoms with E-state index in [2.05, 4.69) is 10.3 Å². The summed E-state index contributed by atoms with van der Waals surface area (Å²) in [6, 6.07) is 6.48. The van der Waals surface area contributed by atoms with E-state index in [1.165, 1.54) is 17.4 Å². The highest BCUT2D eigenvalue weighted by Crippen LogP contribution is 2.26. The van der Waals surface area contributed by atoms with Gasteiger partial charge in [-0.25, -0.2) is 14.2 Å². The number of urea groups is 1. The van der Waals surface area contributed by atoms with Gasteiger partial charge in [0.05, 0.1) is 24.4 Å². The molecule has 2 saturated heterocycles. The van der Waals surface area contributed by atoms with Crippen LogP contribution in [0, 0.1) is 5.82 Å². The lowest BCUT2D eigenvalue weighted by Crippen LogP contribution is -2.49. The molecule has 5 nitrogen and oxygen atoms in total. The molecule has 3 heterocycles. The van der Waals surface area contributed by atoms with Crippen LogP contribution in [0.1, 0.15) is 17.8 Å². The number of carbonyl (C=O) groups excluding carboxylic acids is 1. The number of nitrogens with one attached hydrogen (secondary N) is 1. The van der Waals surface area contributed by atoms with Gasteiger partial charge in [-0.1, -0.05) is 12.1 Å². The third-order valence-corrected chi connectivity index (χ3v) is 5.27. The lowest BCUT2D eigenvalue weighted by molar-refractivity contribution is -0.0238. The van der Waals surface area contributed by atoms with Crippen LogP contribution in [0.15, 0.2) is 29.6 Å². The Kier molecular flexibility index (Phi) is 4.20. The molecule has 24 heavy (non-hydrogen) atoms. The van der Waals surface area contributed by atoms with E-state index < -0.39 is 0 Å². The number of benzene rings is 1. The van der Waals surface area contributed by atoms with Gasteiger partial charge in [0.2, 0.25) is 0 Å². The minimum absolute atomic E-state index is 0.0853. The van der Waals surface area contributed by atoms with Gasteiger partial charge in [-0.2, -0.15) is 0 Å². The minimum atomic E-state index is -0.290. The number of morpholine rings is 1. The second-order valence-electron chi connectivity index (χ2n) is 6.13. The molecule has 0 unspecified atom stereocenters. The summed E-state index contributed by atoms with van der Waals surface area (Å²) in [5, 5.41) is 5.48. The molecule has 0 radical (unpaired) electrons. The first-order valence-corrected chi connectivity index (χ1v) is 8.94. The van der Waals surface area contributed by atoms with Crippen molar-refractivity contribution in [2.24, 2.45) is 0 Å². The van der Waals surface area contributed by atoms with Crippen LogP contribution in [0.5, 0.6) is 0 Å². The quantitative estimate of drug-likeness (QED) is 0.929. The normalized spacial score (nSPS) is 22.6. The number of likely N-dealkylation sites (tertiary alicyclic amines) is 1. The lowest BCUT2D eigenvalue weighted by atomic mass is 10.2. The molecule has 1 aromatic carbocycles. The first-order chi connectivity index (χ1) is 11.7. The van der Waals surface area contributed by atoms with E-state index in [0.717, 1.165) is 17.8 Å². The molecule has 1 aromatic heterocycles. The van der Waals surface area contributed by atoms with Gasteiger partial charge in [0.1, 0.15) is 10.8 Å². The van der Waals surface area contributed by atoms with Gasteiger partial charge in [-0.05, 0) is 25.0 Å². The van der Waals surface area contributed by atoms with Crippen LogP contribution in [-0.2, 0) is 11.3 Å². The standard InChI is InChI=1S/C17H18FN3O2S/c18-14-4-2-1-3-13(14)15-10-24-16(20-15)7-19-17(22)21-8-11-5-6-12(9-21)23-11/h1-4,10-12H,5-9H2,(H,19,22)/t11-,12+. The highest BCUT2D eigenvalue weighted by atomic mass is 32.1. The van der Waals surface area contributed by atoms with Crippen molar-refractivity contribution >= 4 is 17.4 Å². The zero-order valence-electron chi connectivity index (χ0n) is 13.1. The van der Waals surface area contributed by atoms with E-state index >= 15 is 0 Å². The molecule has 1 N–H and O–H groups in total. The van der Waals surface area contributed by atoms with Crippen molar-refractivity contribution in [3.05, 3.63) is 40.5 Å².